The summed E-state index contributed by atoms with van der Waals surface area (Å²) in [7, 11) is -3.89. The number of fused-ring (bicyclic) bond motifs is 1. The van der Waals surface area contributed by atoms with Gasteiger partial charge in [0.05, 0.1) is 13.2 Å². The van der Waals surface area contributed by atoms with E-state index in [1.807, 2.05) is 37.3 Å². The predicted molar refractivity (Wildman–Crippen MR) is 116 cm³/mol. The molecule has 0 unspecified atom stereocenters. The maximum atomic E-state index is 13.1. The molecule has 1 aliphatic heterocycles. The minimum atomic E-state index is -3.89. The molecule has 0 saturated carbocycles. The highest BCUT2D eigenvalue weighted by Crippen LogP contribution is 2.35. The van der Waals surface area contributed by atoms with E-state index < -0.39 is 15.9 Å². The minimum absolute atomic E-state index is 0.0295. The molecule has 0 aliphatic carbocycles. The average Bonchev–Trinajstić information content (AvgIpc) is 2.73. The molecule has 154 valence electrons. The van der Waals surface area contributed by atoms with E-state index in [1.54, 1.807) is 35.4 Å². The van der Waals surface area contributed by atoms with Crippen molar-refractivity contribution in [2.24, 2.45) is 0 Å². The van der Waals surface area contributed by atoms with Crippen LogP contribution >= 0.6 is 11.6 Å². The van der Waals surface area contributed by atoms with Crippen molar-refractivity contribution in [3.8, 4) is 0 Å². The maximum absolute atomic E-state index is 13.1. The first-order valence-corrected chi connectivity index (χ1v) is 11.0. The molecule has 1 N–H and O–H groups in total. The SMILES string of the molecule is Cc1ccc(Cl)cc1NC(=O)CN1CN(c2ccccc2)c2ncccc2S1(=O)=O. The molecule has 1 aromatic heterocycles. The second-order valence-electron chi connectivity index (χ2n) is 6.85. The van der Waals surface area contributed by atoms with Crippen molar-refractivity contribution in [1.82, 2.24) is 9.29 Å². The molecule has 30 heavy (non-hydrogen) atoms. The molecular weight excluding hydrogens is 424 g/mol. The van der Waals surface area contributed by atoms with E-state index in [0.29, 0.717) is 16.5 Å². The number of pyridine rings is 1. The van der Waals surface area contributed by atoms with E-state index in [2.05, 4.69) is 10.3 Å². The fourth-order valence-corrected chi connectivity index (χ4v) is 4.90. The number of carbonyl (C=O) groups is 1. The summed E-state index contributed by atoms with van der Waals surface area (Å²) in [5.74, 6) is -0.115. The number of nitrogens with one attached hydrogen (secondary N) is 1. The summed E-state index contributed by atoms with van der Waals surface area (Å²) in [5.41, 5.74) is 2.15. The summed E-state index contributed by atoms with van der Waals surface area (Å²) in [6, 6.07) is 17.5. The van der Waals surface area contributed by atoms with Crippen LogP contribution in [0.1, 0.15) is 5.56 Å². The lowest BCUT2D eigenvalue weighted by Crippen LogP contribution is -2.47. The Balaban J connectivity index is 1.65. The standard InChI is InChI=1S/C21H19ClN4O3S/c1-15-9-10-16(22)12-18(15)24-20(27)13-25-14-26(17-6-3-2-4-7-17)21-19(30(25,28)29)8-5-11-23-21/h2-12H,13-14H2,1H3,(H,24,27). The molecule has 0 spiro atoms. The van der Waals surface area contributed by atoms with Gasteiger partial charge in [0.25, 0.3) is 0 Å². The number of rotatable bonds is 4. The number of nitrogens with zero attached hydrogens (tertiary/aromatic N) is 3. The second-order valence-corrected chi connectivity index (χ2v) is 9.20. The molecule has 7 nitrogen and oxygen atoms in total. The van der Waals surface area contributed by atoms with Crippen LogP contribution in [-0.4, -0.2) is 36.8 Å². The summed E-state index contributed by atoms with van der Waals surface area (Å²) >= 11 is 6.01. The van der Waals surface area contributed by atoms with Crippen molar-refractivity contribution in [1.29, 1.82) is 0 Å². The van der Waals surface area contributed by atoms with Gasteiger partial charge in [-0.05, 0) is 48.9 Å². The fourth-order valence-electron chi connectivity index (χ4n) is 3.25. The number of anilines is 3. The Morgan fingerprint density at radius 2 is 1.90 bits per heavy atom. The van der Waals surface area contributed by atoms with Gasteiger partial charge in [-0.3, -0.25) is 4.79 Å². The lowest BCUT2D eigenvalue weighted by molar-refractivity contribution is -0.116. The van der Waals surface area contributed by atoms with E-state index in [9.17, 15) is 13.2 Å². The van der Waals surface area contributed by atoms with Crippen LogP contribution in [0.15, 0.2) is 71.8 Å². The van der Waals surface area contributed by atoms with Gasteiger partial charge in [-0.15, -0.1) is 0 Å². The van der Waals surface area contributed by atoms with Crippen molar-refractivity contribution >= 4 is 44.7 Å². The van der Waals surface area contributed by atoms with Crippen LogP contribution in [0.25, 0.3) is 0 Å². The van der Waals surface area contributed by atoms with Crippen molar-refractivity contribution in [3.63, 3.8) is 0 Å². The first kappa shape index (κ1) is 20.3. The van der Waals surface area contributed by atoms with Crippen LogP contribution in [0.3, 0.4) is 0 Å². The highest BCUT2D eigenvalue weighted by atomic mass is 35.5. The largest absolute Gasteiger partial charge is 0.325 e. The molecule has 2 aromatic carbocycles. The normalized spacial score (nSPS) is 15.5. The molecule has 9 heteroatoms. The zero-order chi connectivity index (χ0) is 21.3. The van der Waals surface area contributed by atoms with Crippen LogP contribution in [0.2, 0.25) is 5.02 Å². The summed E-state index contributed by atoms with van der Waals surface area (Å²) < 4.78 is 27.4. The summed E-state index contributed by atoms with van der Waals surface area (Å²) in [6.45, 7) is 1.47. The van der Waals surface area contributed by atoms with Crippen LogP contribution in [0.5, 0.6) is 0 Å². The van der Waals surface area contributed by atoms with Crippen molar-refractivity contribution in [2.75, 3.05) is 23.4 Å². The van der Waals surface area contributed by atoms with E-state index in [4.69, 9.17) is 11.6 Å². The Hall–Kier alpha value is -2.94. The van der Waals surface area contributed by atoms with Crippen LogP contribution in [0, 0.1) is 6.92 Å². The van der Waals surface area contributed by atoms with Gasteiger partial charge in [0.15, 0.2) is 5.82 Å². The summed E-state index contributed by atoms with van der Waals surface area (Å²) in [5, 5.41) is 3.23. The molecule has 1 amide bonds. The number of hydrogen-bond acceptors (Lipinski definition) is 5. The highest BCUT2D eigenvalue weighted by molar-refractivity contribution is 7.89. The van der Waals surface area contributed by atoms with Gasteiger partial charge in [-0.25, -0.2) is 13.4 Å². The van der Waals surface area contributed by atoms with Crippen molar-refractivity contribution in [2.45, 2.75) is 11.8 Å². The summed E-state index contributed by atoms with van der Waals surface area (Å²) in [6.07, 6.45) is 1.55. The van der Waals surface area contributed by atoms with Gasteiger partial charge in [0.1, 0.15) is 4.90 Å². The monoisotopic (exact) mass is 442 g/mol. The Labute approximate surface area is 180 Å². The average molecular weight is 443 g/mol. The number of sulfonamides is 1. The number of halogens is 1. The number of aryl methyl sites for hydroxylation is 1. The maximum Gasteiger partial charge on any atom is 0.248 e. The van der Waals surface area contributed by atoms with E-state index in [-0.39, 0.29) is 18.1 Å². The highest BCUT2D eigenvalue weighted by Gasteiger charge is 2.37. The lowest BCUT2D eigenvalue weighted by atomic mass is 10.2. The Morgan fingerprint density at radius 1 is 1.13 bits per heavy atom. The second kappa shape index (κ2) is 8.06. The number of amides is 1. The minimum Gasteiger partial charge on any atom is -0.325 e. The van der Waals surface area contributed by atoms with Gasteiger partial charge >= 0.3 is 0 Å². The zero-order valence-corrected chi connectivity index (χ0v) is 17.7. The van der Waals surface area contributed by atoms with Gasteiger partial charge < -0.3 is 10.2 Å². The number of aromatic nitrogens is 1. The molecule has 4 rings (SSSR count). The van der Waals surface area contributed by atoms with Crippen molar-refractivity contribution < 1.29 is 13.2 Å². The molecule has 0 saturated heterocycles. The van der Waals surface area contributed by atoms with Gasteiger partial charge in [0.2, 0.25) is 15.9 Å². The topological polar surface area (TPSA) is 82.6 Å². The van der Waals surface area contributed by atoms with Crippen LogP contribution in [-0.2, 0) is 14.8 Å². The smallest absolute Gasteiger partial charge is 0.248 e. The number of carbonyl (C=O) groups excluding carboxylic acids is 1. The lowest BCUT2D eigenvalue weighted by Gasteiger charge is -2.36. The summed E-state index contributed by atoms with van der Waals surface area (Å²) in [4.78, 5) is 18.8. The van der Waals surface area contributed by atoms with E-state index >= 15 is 0 Å². The van der Waals surface area contributed by atoms with E-state index in [1.165, 1.54) is 6.07 Å². The third-order valence-corrected chi connectivity index (χ3v) is 6.82. The van der Waals surface area contributed by atoms with Gasteiger partial charge in [-0.1, -0.05) is 35.9 Å². The fraction of sp³-hybridized carbons (Fsp3) is 0.143. The molecule has 3 aromatic rings. The number of para-hydroxylation sites is 1. The Kier molecular flexibility index (Phi) is 5.46. The van der Waals surface area contributed by atoms with Gasteiger partial charge in [-0.2, -0.15) is 4.31 Å². The Bertz CT molecular complexity index is 1200. The third kappa shape index (κ3) is 3.89. The van der Waals surface area contributed by atoms with Crippen LogP contribution in [0.4, 0.5) is 17.2 Å². The molecule has 0 fully saturated rings. The first-order chi connectivity index (χ1) is 14.4. The Morgan fingerprint density at radius 3 is 2.67 bits per heavy atom. The predicted octanol–water partition coefficient (Wildman–Crippen LogP) is 3.78. The number of benzene rings is 2. The first-order valence-electron chi connectivity index (χ1n) is 9.20. The zero-order valence-electron chi connectivity index (χ0n) is 16.1. The quantitative estimate of drug-likeness (QED) is 0.664. The molecule has 0 atom stereocenters. The van der Waals surface area contributed by atoms with Gasteiger partial charge in [0, 0.05) is 22.6 Å². The molecule has 0 bridgehead atoms. The van der Waals surface area contributed by atoms with Crippen LogP contribution < -0.4 is 10.2 Å². The van der Waals surface area contributed by atoms with Crippen molar-refractivity contribution in [3.05, 3.63) is 77.4 Å². The molecular formula is C21H19ClN4O3S. The van der Waals surface area contributed by atoms with E-state index in [0.717, 1.165) is 15.6 Å². The third-order valence-electron chi connectivity index (χ3n) is 4.79. The molecule has 0 radical (unpaired) electrons. The number of hydrogen-bond donors (Lipinski definition) is 1. The molecule has 2 heterocycles. The molecule has 1 aliphatic rings.